The van der Waals surface area contributed by atoms with Gasteiger partial charge in [0, 0.05) is 25.8 Å². The van der Waals surface area contributed by atoms with Crippen LogP contribution in [-0.2, 0) is 17.8 Å². The second-order valence-corrected chi connectivity index (χ2v) is 5.77. The number of nitrogens with zero attached hydrogens (tertiary/aromatic N) is 2. The standard InChI is InChI=1S/C17H22N4O3/c1-13-12-21(6-8-23-13)16-5-4-14(9-18-16)10-19-17(22)20-11-15-3-2-7-24-15/h2-5,7,9,13H,6,8,10-12H2,1H3,(H2,19,20,22)/t13-/m0/s1. The summed E-state index contributed by atoms with van der Waals surface area (Å²) in [6, 6.07) is 7.33. The van der Waals surface area contributed by atoms with Gasteiger partial charge in [-0.1, -0.05) is 6.07 Å². The summed E-state index contributed by atoms with van der Waals surface area (Å²) in [5, 5.41) is 5.54. The summed E-state index contributed by atoms with van der Waals surface area (Å²) in [6.45, 7) is 5.28. The molecule has 7 nitrogen and oxygen atoms in total. The molecule has 1 saturated heterocycles. The number of carbonyl (C=O) groups excluding carboxylic acids is 1. The van der Waals surface area contributed by atoms with Crippen LogP contribution in [0.25, 0.3) is 0 Å². The van der Waals surface area contributed by atoms with Gasteiger partial charge in [-0.25, -0.2) is 9.78 Å². The summed E-state index contributed by atoms with van der Waals surface area (Å²) in [5.74, 6) is 1.66. The minimum atomic E-state index is -0.238. The lowest BCUT2D eigenvalue weighted by Crippen LogP contribution is -2.41. The Balaban J connectivity index is 1.44. The number of aromatic nitrogens is 1. The van der Waals surface area contributed by atoms with Crippen molar-refractivity contribution in [3.8, 4) is 0 Å². The van der Waals surface area contributed by atoms with Gasteiger partial charge in [0.05, 0.1) is 25.5 Å². The van der Waals surface area contributed by atoms with E-state index in [-0.39, 0.29) is 12.1 Å². The summed E-state index contributed by atoms with van der Waals surface area (Å²) >= 11 is 0. The van der Waals surface area contributed by atoms with Crippen molar-refractivity contribution in [2.75, 3.05) is 24.6 Å². The zero-order chi connectivity index (χ0) is 16.8. The van der Waals surface area contributed by atoms with Gasteiger partial charge in [0.15, 0.2) is 0 Å². The van der Waals surface area contributed by atoms with Gasteiger partial charge in [-0.05, 0) is 30.7 Å². The zero-order valence-electron chi connectivity index (χ0n) is 13.7. The average molecular weight is 330 g/mol. The largest absolute Gasteiger partial charge is 0.467 e. The van der Waals surface area contributed by atoms with Gasteiger partial charge < -0.3 is 24.7 Å². The van der Waals surface area contributed by atoms with Gasteiger partial charge in [-0.2, -0.15) is 0 Å². The molecule has 0 saturated carbocycles. The van der Waals surface area contributed by atoms with E-state index in [0.717, 1.165) is 36.8 Å². The maximum Gasteiger partial charge on any atom is 0.315 e. The molecule has 1 aliphatic heterocycles. The molecule has 128 valence electrons. The molecule has 2 aromatic rings. The van der Waals surface area contributed by atoms with Crippen LogP contribution in [0, 0.1) is 0 Å². The van der Waals surface area contributed by atoms with E-state index in [4.69, 9.17) is 9.15 Å². The maximum absolute atomic E-state index is 11.8. The van der Waals surface area contributed by atoms with Crippen molar-refractivity contribution in [3.05, 3.63) is 48.0 Å². The molecule has 0 aromatic carbocycles. The maximum atomic E-state index is 11.8. The fraction of sp³-hybridized carbons (Fsp3) is 0.412. The fourth-order valence-electron chi connectivity index (χ4n) is 2.56. The van der Waals surface area contributed by atoms with Gasteiger partial charge in [0.2, 0.25) is 0 Å². The third-order valence-corrected chi connectivity index (χ3v) is 3.83. The summed E-state index contributed by atoms with van der Waals surface area (Å²) in [7, 11) is 0. The van der Waals surface area contributed by atoms with E-state index in [1.807, 2.05) is 18.2 Å². The first-order chi connectivity index (χ1) is 11.7. The van der Waals surface area contributed by atoms with Crippen molar-refractivity contribution in [1.29, 1.82) is 0 Å². The molecule has 7 heteroatoms. The Labute approximate surface area is 141 Å². The van der Waals surface area contributed by atoms with Crippen LogP contribution in [0.4, 0.5) is 10.6 Å². The number of ether oxygens (including phenoxy) is 1. The molecule has 3 rings (SSSR count). The monoisotopic (exact) mass is 330 g/mol. The summed E-state index contributed by atoms with van der Waals surface area (Å²) in [6.07, 6.45) is 3.60. The number of hydrogen-bond acceptors (Lipinski definition) is 5. The number of urea groups is 1. The highest BCUT2D eigenvalue weighted by atomic mass is 16.5. The second-order valence-electron chi connectivity index (χ2n) is 5.77. The van der Waals surface area contributed by atoms with Crippen molar-refractivity contribution in [2.45, 2.75) is 26.1 Å². The zero-order valence-corrected chi connectivity index (χ0v) is 13.7. The Morgan fingerprint density at radius 3 is 2.92 bits per heavy atom. The van der Waals surface area contributed by atoms with Crippen LogP contribution >= 0.6 is 0 Å². The number of anilines is 1. The van der Waals surface area contributed by atoms with Gasteiger partial charge in [-0.3, -0.25) is 0 Å². The normalized spacial score (nSPS) is 17.5. The van der Waals surface area contributed by atoms with Crippen LogP contribution in [0.2, 0.25) is 0 Å². The topological polar surface area (TPSA) is 79.6 Å². The molecule has 1 aliphatic rings. The fourth-order valence-corrected chi connectivity index (χ4v) is 2.56. The molecule has 0 bridgehead atoms. The summed E-state index contributed by atoms with van der Waals surface area (Å²) < 4.78 is 10.7. The molecule has 0 radical (unpaired) electrons. The molecule has 2 amide bonds. The van der Waals surface area contributed by atoms with Crippen LogP contribution in [0.1, 0.15) is 18.2 Å². The highest BCUT2D eigenvalue weighted by Crippen LogP contribution is 2.15. The van der Waals surface area contributed by atoms with Crippen LogP contribution < -0.4 is 15.5 Å². The van der Waals surface area contributed by atoms with Crippen molar-refractivity contribution in [3.63, 3.8) is 0 Å². The molecule has 24 heavy (non-hydrogen) atoms. The molecule has 3 heterocycles. The number of rotatable bonds is 5. The molecular formula is C17H22N4O3. The molecular weight excluding hydrogens is 308 g/mol. The first-order valence-corrected chi connectivity index (χ1v) is 8.06. The number of furan rings is 1. The van der Waals surface area contributed by atoms with E-state index in [1.54, 1.807) is 18.5 Å². The third kappa shape index (κ3) is 4.48. The molecule has 0 aliphatic carbocycles. The molecule has 0 unspecified atom stereocenters. The second kappa shape index (κ2) is 7.83. The number of hydrogen-bond donors (Lipinski definition) is 2. The van der Waals surface area contributed by atoms with Crippen molar-refractivity contribution in [2.24, 2.45) is 0 Å². The van der Waals surface area contributed by atoms with E-state index in [2.05, 4.69) is 27.4 Å². The van der Waals surface area contributed by atoms with Crippen molar-refractivity contribution >= 4 is 11.8 Å². The quantitative estimate of drug-likeness (QED) is 0.875. The Bertz CT molecular complexity index is 642. The predicted molar refractivity (Wildman–Crippen MR) is 89.6 cm³/mol. The van der Waals surface area contributed by atoms with E-state index in [1.165, 1.54) is 0 Å². The highest BCUT2D eigenvalue weighted by molar-refractivity contribution is 5.73. The Morgan fingerprint density at radius 1 is 1.33 bits per heavy atom. The Hall–Kier alpha value is -2.54. The minimum absolute atomic E-state index is 0.222. The number of carbonyl (C=O) groups is 1. The number of amides is 2. The SMILES string of the molecule is C[C@H]1CN(c2ccc(CNC(=O)NCc3ccco3)cn2)CCO1. The molecule has 0 spiro atoms. The number of nitrogens with one attached hydrogen (secondary N) is 2. The van der Waals surface area contributed by atoms with Crippen molar-refractivity contribution < 1.29 is 13.9 Å². The van der Waals surface area contributed by atoms with Gasteiger partial charge >= 0.3 is 6.03 Å². The smallest absolute Gasteiger partial charge is 0.315 e. The Kier molecular flexibility index (Phi) is 5.32. The molecule has 2 aromatic heterocycles. The lowest BCUT2D eigenvalue weighted by atomic mass is 10.2. The lowest BCUT2D eigenvalue weighted by Gasteiger charge is -2.32. The van der Waals surface area contributed by atoms with E-state index >= 15 is 0 Å². The van der Waals surface area contributed by atoms with Crippen molar-refractivity contribution in [1.82, 2.24) is 15.6 Å². The average Bonchev–Trinajstić information content (AvgIpc) is 3.12. The minimum Gasteiger partial charge on any atom is -0.467 e. The molecule has 2 N–H and O–H groups in total. The Morgan fingerprint density at radius 2 is 2.21 bits per heavy atom. The third-order valence-electron chi connectivity index (χ3n) is 3.83. The lowest BCUT2D eigenvalue weighted by molar-refractivity contribution is 0.0529. The van der Waals surface area contributed by atoms with Gasteiger partial charge in [0.25, 0.3) is 0 Å². The highest BCUT2D eigenvalue weighted by Gasteiger charge is 2.17. The van der Waals surface area contributed by atoms with E-state index in [0.29, 0.717) is 13.1 Å². The van der Waals surface area contributed by atoms with Crippen LogP contribution in [0.5, 0.6) is 0 Å². The van der Waals surface area contributed by atoms with E-state index < -0.39 is 0 Å². The number of morpholine rings is 1. The molecule has 1 atom stereocenters. The van der Waals surface area contributed by atoms with Crippen LogP contribution in [0.3, 0.4) is 0 Å². The summed E-state index contributed by atoms with van der Waals surface area (Å²) in [5.41, 5.74) is 0.952. The number of pyridine rings is 1. The summed E-state index contributed by atoms with van der Waals surface area (Å²) in [4.78, 5) is 18.5. The predicted octanol–water partition coefficient (Wildman–Crippen LogP) is 1.90. The first-order valence-electron chi connectivity index (χ1n) is 8.06. The van der Waals surface area contributed by atoms with Crippen LogP contribution in [-0.4, -0.2) is 36.8 Å². The van der Waals surface area contributed by atoms with Gasteiger partial charge in [0.1, 0.15) is 11.6 Å². The van der Waals surface area contributed by atoms with Crippen LogP contribution in [0.15, 0.2) is 41.1 Å². The van der Waals surface area contributed by atoms with Gasteiger partial charge in [-0.15, -0.1) is 0 Å². The molecule has 1 fully saturated rings. The first kappa shape index (κ1) is 16.3. The van der Waals surface area contributed by atoms with E-state index in [9.17, 15) is 4.79 Å².